The fraction of sp³-hybridized carbons (Fsp3) is 0.818. The fourth-order valence-corrected chi connectivity index (χ4v) is 1.35. The molecule has 0 aliphatic heterocycles. The van der Waals surface area contributed by atoms with Crippen molar-refractivity contribution in [3.05, 3.63) is 0 Å². The molecule has 4 nitrogen and oxygen atoms in total. The van der Waals surface area contributed by atoms with Crippen LogP contribution in [-0.4, -0.2) is 24.2 Å². The number of carboxylic acids is 1. The number of carboxylic acid groups (broad SMARTS) is 1. The molecule has 0 aliphatic rings. The molecule has 0 unspecified atom stereocenters. The summed E-state index contributed by atoms with van der Waals surface area (Å²) >= 11 is 0. The molecule has 96 valence electrons. The predicted octanol–water partition coefficient (Wildman–Crippen LogP) is -0.631. The Morgan fingerprint density at radius 2 is 1.38 bits per heavy atom. The number of esters is 1. The minimum atomic E-state index is -0.722. The summed E-state index contributed by atoms with van der Waals surface area (Å²) in [6, 6.07) is 0. The lowest BCUT2D eigenvalue weighted by Crippen LogP contribution is -3.00. The molecule has 0 atom stereocenters. The molecule has 5 heteroatoms. The number of aliphatic carboxylic acids is 1. The highest BCUT2D eigenvalue weighted by atomic mass is 35.5. The predicted molar refractivity (Wildman–Crippen MR) is 56.6 cm³/mol. The van der Waals surface area contributed by atoms with Gasteiger partial charge in [-0.25, -0.2) is 0 Å². The van der Waals surface area contributed by atoms with Gasteiger partial charge in [0.1, 0.15) is 0 Å². The Labute approximate surface area is 103 Å². The SMILES string of the molecule is COC(=O)CCCCCCCCC(=O)O.[Cl-]. The highest BCUT2D eigenvalue weighted by molar-refractivity contribution is 5.69. The van der Waals surface area contributed by atoms with Gasteiger partial charge in [-0.2, -0.15) is 0 Å². The second-order valence-electron chi connectivity index (χ2n) is 3.59. The zero-order valence-electron chi connectivity index (χ0n) is 9.71. The molecule has 0 bridgehead atoms. The van der Waals surface area contributed by atoms with Crippen LogP contribution in [0, 0.1) is 0 Å². The highest BCUT2D eigenvalue weighted by Crippen LogP contribution is 2.08. The van der Waals surface area contributed by atoms with Crippen LogP contribution in [0.1, 0.15) is 51.4 Å². The second-order valence-corrected chi connectivity index (χ2v) is 3.59. The van der Waals surface area contributed by atoms with Gasteiger partial charge >= 0.3 is 11.9 Å². The van der Waals surface area contributed by atoms with Crippen molar-refractivity contribution >= 4 is 11.9 Å². The van der Waals surface area contributed by atoms with Crippen LogP contribution in [0.25, 0.3) is 0 Å². The summed E-state index contributed by atoms with van der Waals surface area (Å²) in [7, 11) is 1.40. The molecule has 0 aliphatic carbocycles. The fourth-order valence-electron chi connectivity index (χ4n) is 1.35. The lowest BCUT2D eigenvalue weighted by atomic mass is 10.1. The van der Waals surface area contributed by atoms with E-state index in [1.807, 2.05) is 0 Å². The quantitative estimate of drug-likeness (QED) is 0.438. The lowest BCUT2D eigenvalue weighted by Gasteiger charge is -2.00. The third-order valence-electron chi connectivity index (χ3n) is 2.25. The van der Waals surface area contributed by atoms with Crippen LogP contribution in [-0.2, 0) is 14.3 Å². The first-order chi connectivity index (χ1) is 7.16. The van der Waals surface area contributed by atoms with Gasteiger partial charge in [-0.1, -0.05) is 25.7 Å². The maximum absolute atomic E-state index is 10.7. The zero-order valence-corrected chi connectivity index (χ0v) is 10.5. The Balaban J connectivity index is 0. The van der Waals surface area contributed by atoms with E-state index in [-0.39, 0.29) is 24.8 Å². The molecule has 0 saturated heterocycles. The zero-order chi connectivity index (χ0) is 11.5. The van der Waals surface area contributed by atoms with Gasteiger partial charge in [-0.15, -0.1) is 0 Å². The van der Waals surface area contributed by atoms with E-state index in [9.17, 15) is 9.59 Å². The van der Waals surface area contributed by atoms with Gasteiger partial charge in [0.05, 0.1) is 7.11 Å². The van der Waals surface area contributed by atoms with E-state index in [1.54, 1.807) is 0 Å². The Kier molecular flexibility index (Phi) is 13.5. The number of ether oxygens (including phenoxy) is 1. The van der Waals surface area contributed by atoms with E-state index in [0.717, 1.165) is 38.5 Å². The number of carbonyl (C=O) groups is 2. The molecule has 0 aromatic rings. The molecule has 0 saturated carbocycles. The molecule has 16 heavy (non-hydrogen) atoms. The van der Waals surface area contributed by atoms with Gasteiger partial charge in [0.25, 0.3) is 0 Å². The minimum absolute atomic E-state index is 0. The molecule has 0 rings (SSSR count). The number of hydrogen-bond acceptors (Lipinski definition) is 3. The van der Waals surface area contributed by atoms with Crippen LogP contribution in [0.5, 0.6) is 0 Å². The summed E-state index contributed by atoms with van der Waals surface area (Å²) in [5, 5.41) is 8.39. The average molecular weight is 252 g/mol. The molecular formula is C11H20ClO4-. The standard InChI is InChI=1S/C11H20O4.ClH/c1-15-11(14)9-7-5-3-2-4-6-8-10(12)13;/h2-9H2,1H3,(H,12,13);1H/p-1. The van der Waals surface area contributed by atoms with Crippen LogP contribution in [0.2, 0.25) is 0 Å². The van der Waals surface area contributed by atoms with E-state index in [4.69, 9.17) is 5.11 Å². The van der Waals surface area contributed by atoms with E-state index in [0.29, 0.717) is 6.42 Å². The average Bonchev–Trinajstić information content (AvgIpc) is 2.21. The highest BCUT2D eigenvalue weighted by Gasteiger charge is 1.99. The van der Waals surface area contributed by atoms with Gasteiger partial charge in [-0.05, 0) is 12.8 Å². The molecular weight excluding hydrogens is 232 g/mol. The van der Waals surface area contributed by atoms with Crippen LogP contribution in [0.3, 0.4) is 0 Å². The molecule has 0 aromatic carbocycles. The van der Waals surface area contributed by atoms with Crippen molar-refractivity contribution in [2.75, 3.05) is 7.11 Å². The number of rotatable bonds is 9. The summed E-state index contributed by atoms with van der Waals surface area (Å²) in [6.07, 6.45) is 6.48. The van der Waals surface area contributed by atoms with Crippen molar-refractivity contribution in [3.63, 3.8) is 0 Å². The van der Waals surface area contributed by atoms with Crippen molar-refractivity contribution in [3.8, 4) is 0 Å². The smallest absolute Gasteiger partial charge is 0.305 e. The maximum Gasteiger partial charge on any atom is 0.305 e. The van der Waals surface area contributed by atoms with Gasteiger partial charge in [-0.3, -0.25) is 9.59 Å². The monoisotopic (exact) mass is 251 g/mol. The molecule has 0 fully saturated rings. The molecule has 0 radical (unpaired) electrons. The van der Waals surface area contributed by atoms with Crippen molar-refractivity contribution in [1.82, 2.24) is 0 Å². The van der Waals surface area contributed by atoms with Crippen LogP contribution in [0.4, 0.5) is 0 Å². The number of unbranched alkanes of at least 4 members (excludes halogenated alkanes) is 5. The third kappa shape index (κ3) is 13.2. The Morgan fingerprint density at radius 3 is 1.81 bits per heavy atom. The largest absolute Gasteiger partial charge is 1.00 e. The summed E-state index contributed by atoms with van der Waals surface area (Å²) in [5.74, 6) is -0.874. The van der Waals surface area contributed by atoms with Crippen molar-refractivity contribution < 1.29 is 31.8 Å². The van der Waals surface area contributed by atoms with Gasteiger partial charge in [0.2, 0.25) is 0 Å². The number of methoxy groups -OCH3 is 1. The Bertz CT molecular complexity index is 194. The van der Waals surface area contributed by atoms with Gasteiger partial charge in [0.15, 0.2) is 0 Å². The normalized spacial score (nSPS) is 9.31. The number of hydrogen-bond donors (Lipinski definition) is 1. The van der Waals surface area contributed by atoms with E-state index >= 15 is 0 Å². The first-order valence-corrected chi connectivity index (χ1v) is 5.45. The topological polar surface area (TPSA) is 63.6 Å². The molecule has 0 aromatic heterocycles. The van der Waals surface area contributed by atoms with E-state index < -0.39 is 5.97 Å². The first kappa shape index (κ1) is 17.6. The first-order valence-electron chi connectivity index (χ1n) is 5.45. The minimum Gasteiger partial charge on any atom is -1.00 e. The summed E-state index contributed by atoms with van der Waals surface area (Å²) in [4.78, 5) is 20.9. The third-order valence-corrected chi connectivity index (χ3v) is 2.25. The van der Waals surface area contributed by atoms with E-state index in [1.165, 1.54) is 7.11 Å². The Morgan fingerprint density at radius 1 is 0.938 bits per heavy atom. The maximum atomic E-state index is 10.7. The number of carbonyl (C=O) groups excluding carboxylic acids is 1. The van der Waals surface area contributed by atoms with Crippen molar-refractivity contribution in [1.29, 1.82) is 0 Å². The molecule has 0 spiro atoms. The van der Waals surface area contributed by atoms with Crippen molar-refractivity contribution in [2.24, 2.45) is 0 Å². The summed E-state index contributed by atoms with van der Waals surface area (Å²) < 4.78 is 4.52. The second kappa shape index (κ2) is 12.3. The lowest BCUT2D eigenvalue weighted by molar-refractivity contribution is -0.141. The van der Waals surface area contributed by atoms with E-state index in [2.05, 4.69) is 4.74 Å². The summed E-state index contributed by atoms with van der Waals surface area (Å²) in [5.41, 5.74) is 0. The van der Waals surface area contributed by atoms with Crippen LogP contribution in [0.15, 0.2) is 0 Å². The molecule has 0 amide bonds. The van der Waals surface area contributed by atoms with Gasteiger partial charge < -0.3 is 22.3 Å². The van der Waals surface area contributed by atoms with Gasteiger partial charge in [0, 0.05) is 12.8 Å². The molecule has 0 heterocycles. The molecule has 1 N–H and O–H groups in total. The van der Waals surface area contributed by atoms with Crippen LogP contribution < -0.4 is 12.4 Å². The van der Waals surface area contributed by atoms with Crippen molar-refractivity contribution in [2.45, 2.75) is 51.4 Å². The van der Waals surface area contributed by atoms with Crippen LogP contribution >= 0.6 is 0 Å². The number of halogens is 1. The Hall–Kier alpha value is -0.770. The summed E-state index contributed by atoms with van der Waals surface area (Å²) in [6.45, 7) is 0.